The minimum Gasteiger partial charge on any atom is -0.389 e. The highest BCUT2D eigenvalue weighted by atomic mass is 16.5. The molecule has 0 aliphatic carbocycles. The predicted octanol–water partition coefficient (Wildman–Crippen LogP) is 1.82. The quantitative estimate of drug-likeness (QED) is 0.737. The monoisotopic (exact) mass is 279 g/mol. The summed E-state index contributed by atoms with van der Waals surface area (Å²) >= 11 is 0. The number of ketones is 1. The Balaban J connectivity index is 2.46. The number of rotatable bonds is 8. The Labute approximate surface area is 121 Å². The number of carbonyl (C=O) groups is 1. The van der Waals surface area contributed by atoms with Gasteiger partial charge >= 0.3 is 0 Å². The number of Topliss-reactive ketones (excluding diaryl/α,β-unsaturated/α-hetero) is 1. The molecule has 1 atom stereocenters. The molecule has 1 aromatic carbocycles. The third-order valence-corrected chi connectivity index (χ3v) is 3.15. The van der Waals surface area contributed by atoms with E-state index in [1.807, 2.05) is 37.9 Å². The number of hydrogen-bond donors (Lipinski definition) is 1. The number of aryl methyl sites for hydroxylation is 2. The van der Waals surface area contributed by atoms with Crippen molar-refractivity contribution in [3.05, 3.63) is 34.9 Å². The highest BCUT2D eigenvalue weighted by Gasteiger charge is 2.11. The van der Waals surface area contributed by atoms with Gasteiger partial charge in [-0.3, -0.25) is 4.79 Å². The summed E-state index contributed by atoms with van der Waals surface area (Å²) in [6.07, 6.45) is -0.0552. The SMILES string of the molecule is COCC(O)CN(C)CCC(=O)c1cc(C)cc(C)c1. The second-order valence-corrected chi connectivity index (χ2v) is 5.42. The van der Waals surface area contributed by atoms with E-state index in [4.69, 9.17) is 4.74 Å². The van der Waals surface area contributed by atoms with E-state index in [1.165, 1.54) is 0 Å². The maximum atomic E-state index is 12.2. The van der Waals surface area contributed by atoms with Crippen molar-refractivity contribution in [3.8, 4) is 0 Å². The van der Waals surface area contributed by atoms with Gasteiger partial charge in [0.2, 0.25) is 0 Å². The van der Waals surface area contributed by atoms with Crippen LogP contribution in [0.1, 0.15) is 27.9 Å². The number of aliphatic hydroxyl groups is 1. The van der Waals surface area contributed by atoms with Crippen LogP contribution in [0.5, 0.6) is 0 Å². The number of carbonyl (C=O) groups excluding carboxylic acids is 1. The molecule has 0 saturated carbocycles. The van der Waals surface area contributed by atoms with Gasteiger partial charge in [-0.15, -0.1) is 0 Å². The molecule has 1 aromatic rings. The highest BCUT2D eigenvalue weighted by Crippen LogP contribution is 2.11. The molecule has 0 amide bonds. The summed E-state index contributed by atoms with van der Waals surface area (Å²) in [7, 11) is 3.46. The van der Waals surface area contributed by atoms with E-state index in [-0.39, 0.29) is 5.78 Å². The average molecular weight is 279 g/mol. The molecule has 1 rings (SSSR count). The summed E-state index contributed by atoms with van der Waals surface area (Å²) in [5.74, 6) is 0.143. The van der Waals surface area contributed by atoms with E-state index in [2.05, 4.69) is 6.07 Å². The Morgan fingerprint density at radius 3 is 2.45 bits per heavy atom. The number of ether oxygens (including phenoxy) is 1. The van der Waals surface area contributed by atoms with Gasteiger partial charge in [-0.1, -0.05) is 17.2 Å². The first-order chi connectivity index (χ1) is 9.42. The van der Waals surface area contributed by atoms with Crippen LogP contribution in [0.25, 0.3) is 0 Å². The Morgan fingerprint density at radius 1 is 1.30 bits per heavy atom. The largest absolute Gasteiger partial charge is 0.389 e. The molecule has 1 unspecified atom stereocenters. The Bertz CT molecular complexity index is 425. The summed E-state index contributed by atoms with van der Waals surface area (Å²) < 4.78 is 4.88. The van der Waals surface area contributed by atoms with Crippen LogP contribution in [0.4, 0.5) is 0 Å². The molecule has 4 heteroatoms. The predicted molar refractivity (Wildman–Crippen MR) is 80.2 cm³/mol. The number of likely N-dealkylation sites (N-methyl/N-ethyl adjacent to an activating group) is 1. The standard InChI is InChI=1S/C16H25NO3/c1-12-7-13(2)9-14(8-12)16(19)5-6-17(3)10-15(18)11-20-4/h7-9,15,18H,5-6,10-11H2,1-4H3. The summed E-state index contributed by atoms with van der Waals surface area (Å²) in [5, 5.41) is 9.62. The van der Waals surface area contributed by atoms with Gasteiger partial charge in [0.25, 0.3) is 0 Å². The van der Waals surface area contributed by atoms with Crippen LogP contribution in [0.2, 0.25) is 0 Å². The zero-order chi connectivity index (χ0) is 15.1. The lowest BCUT2D eigenvalue weighted by Crippen LogP contribution is -2.33. The minimum absolute atomic E-state index is 0.143. The average Bonchev–Trinajstić information content (AvgIpc) is 2.35. The van der Waals surface area contributed by atoms with Crippen LogP contribution < -0.4 is 0 Å². The first-order valence-electron chi connectivity index (χ1n) is 6.89. The normalized spacial score (nSPS) is 12.7. The first-order valence-corrected chi connectivity index (χ1v) is 6.89. The van der Waals surface area contributed by atoms with Crippen molar-refractivity contribution in [2.24, 2.45) is 0 Å². The zero-order valence-corrected chi connectivity index (χ0v) is 12.8. The van der Waals surface area contributed by atoms with Crippen LogP contribution in [-0.2, 0) is 4.74 Å². The summed E-state index contributed by atoms with van der Waals surface area (Å²) in [6, 6.07) is 5.91. The molecule has 0 bridgehead atoms. The van der Waals surface area contributed by atoms with Crippen molar-refractivity contribution in [2.45, 2.75) is 26.4 Å². The van der Waals surface area contributed by atoms with E-state index in [1.54, 1.807) is 7.11 Å². The molecule has 0 heterocycles. The van der Waals surface area contributed by atoms with Crippen molar-refractivity contribution in [1.82, 2.24) is 4.90 Å². The molecular formula is C16H25NO3. The fourth-order valence-corrected chi connectivity index (χ4v) is 2.27. The smallest absolute Gasteiger partial charge is 0.164 e. The van der Waals surface area contributed by atoms with Crippen LogP contribution in [0, 0.1) is 13.8 Å². The molecule has 0 aromatic heterocycles. The van der Waals surface area contributed by atoms with Gasteiger partial charge in [-0.05, 0) is 33.0 Å². The third kappa shape index (κ3) is 5.82. The molecule has 0 saturated heterocycles. The van der Waals surface area contributed by atoms with Crippen LogP contribution in [0.3, 0.4) is 0 Å². The molecule has 20 heavy (non-hydrogen) atoms. The molecule has 0 radical (unpaired) electrons. The van der Waals surface area contributed by atoms with E-state index in [0.29, 0.717) is 26.1 Å². The van der Waals surface area contributed by atoms with Crippen LogP contribution >= 0.6 is 0 Å². The van der Waals surface area contributed by atoms with E-state index >= 15 is 0 Å². The van der Waals surface area contributed by atoms with Crippen LogP contribution in [0.15, 0.2) is 18.2 Å². The molecule has 0 fully saturated rings. The minimum atomic E-state index is -0.513. The fourth-order valence-electron chi connectivity index (χ4n) is 2.27. The lowest BCUT2D eigenvalue weighted by atomic mass is 10.0. The third-order valence-electron chi connectivity index (χ3n) is 3.15. The van der Waals surface area contributed by atoms with Crippen molar-refractivity contribution in [2.75, 3.05) is 33.9 Å². The molecule has 0 aliphatic heterocycles. The van der Waals surface area contributed by atoms with Crippen molar-refractivity contribution in [3.63, 3.8) is 0 Å². The van der Waals surface area contributed by atoms with Gasteiger partial charge in [-0.2, -0.15) is 0 Å². The lowest BCUT2D eigenvalue weighted by Gasteiger charge is -2.19. The maximum Gasteiger partial charge on any atom is 0.164 e. The second-order valence-electron chi connectivity index (χ2n) is 5.42. The summed E-state index contributed by atoms with van der Waals surface area (Å²) in [5.41, 5.74) is 2.99. The van der Waals surface area contributed by atoms with Gasteiger partial charge < -0.3 is 14.7 Å². The first kappa shape index (κ1) is 16.8. The Morgan fingerprint density at radius 2 is 1.90 bits per heavy atom. The maximum absolute atomic E-state index is 12.2. The van der Waals surface area contributed by atoms with Crippen molar-refractivity contribution >= 4 is 5.78 Å². The van der Waals surface area contributed by atoms with Gasteiger partial charge in [0, 0.05) is 32.2 Å². The lowest BCUT2D eigenvalue weighted by molar-refractivity contribution is 0.0428. The van der Waals surface area contributed by atoms with Gasteiger partial charge in [0.1, 0.15) is 0 Å². The topological polar surface area (TPSA) is 49.8 Å². The summed E-state index contributed by atoms with van der Waals surface area (Å²) in [4.78, 5) is 14.1. The van der Waals surface area contributed by atoms with Crippen molar-refractivity contribution < 1.29 is 14.6 Å². The number of nitrogens with zero attached hydrogens (tertiary/aromatic N) is 1. The Hall–Kier alpha value is -1.23. The molecule has 4 nitrogen and oxygen atoms in total. The number of methoxy groups -OCH3 is 1. The van der Waals surface area contributed by atoms with Crippen LogP contribution in [-0.4, -0.2) is 55.7 Å². The molecule has 112 valence electrons. The highest BCUT2D eigenvalue weighted by molar-refractivity contribution is 5.96. The van der Waals surface area contributed by atoms with E-state index in [9.17, 15) is 9.90 Å². The van der Waals surface area contributed by atoms with Crippen molar-refractivity contribution in [1.29, 1.82) is 0 Å². The number of aliphatic hydroxyl groups excluding tert-OH is 1. The number of benzene rings is 1. The van der Waals surface area contributed by atoms with Gasteiger partial charge in [-0.25, -0.2) is 0 Å². The summed E-state index contributed by atoms with van der Waals surface area (Å²) in [6.45, 7) is 5.45. The van der Waals surface area contributed by atoms with E-state index < -0.39 is 6.10 Å². The Kier molecular flexibility index (Phi) is 6.85. The van der Waals surface area contributed by atoms with Gasteiger partial charge in [0.15, 0.2) is 5.78 Å². The second kappa shape index (κ2) is 8.15. The van der Waals surface area contributed by atoms with Gasteiger partial charge in [0.05, 0.1) is 12.7 Å². The molecule has 1 N–H and O–H groups in total. The number of hydrogen-bond acceptors (Lipinski definition) is 4. The molecular weight excluding hydrogens is 254 g/mol. The fraction of sp³-hybridized carbons (Fsp3) is 0.562. The zero-order valence-electron chi connectivity index (χ0n) is 12.8. The molecule has 0 aliphatic rings. The molecule has 0 spiro atoms. The van der Waals surface area contributed by atoms with E-state index in [0.717, 1.165) is 16.7 Å².